The first kappa shape index (κ1) is 13.2. The maximum absolute atomic E-state index is 11.2. The molecule has 2 rings (SSSR count). The van der Waals surface area contributed by atoms with Crippen LogP contribution < -0.4 is 4.90 Å². The molecule has 5 heteroatoms. The molecule has 0 spiro atoms. The minimum Gasteiger partial charge on any atom is -0.481 e. The maximum atomic E-state index is 11.2. The summed E-state index contributed by atoms with van der Waals surface area (Å²) in [4.78, 5) is 15.3. The van der Waals surface area contributed by atoms with Crippen LogP contribution in [0.3, 0.4) is 0 Å². The second kappa shape index (κ2) is 5.59. The highest BCUT2D eigenvalue weighted by Crippen LogP contribution is 2.26. The van der Waals surface area contributed by atoms with Gasteiger partial charge in [-0.2, -0.15) is 0 Å². The first-order chi connectivity index (χ1) is 8.58. The van der Waals surface area contributed by atoms with E-state index in [1.54, 1.807) is 0 Å². The van der Waals surface area contributed by atoms with Crippen molar-refractivity contribution >= 4 is 23.3 Å². The topological polar surface area (TPSA) is 43.8 Å². The van der Waals surface area contributed by atoms with E-state index in [1.807, 2.05) is 31.3 Å². The molecule has 1 aromatic rings. The van der Waals surface area contributed by atoms with Gasteiger partial charge in [0.05, 0.1) is 16.6 Å². The lowest BCUT2D eigenvalue weighted by molar-refractivity contribution is -0.141. The molecule has 0 bridgehead atoms. The molecule has 1 heterocycles. The van der Waals surface area contributed by atoms with Crippen molar-refractivity contribution in [2.75, 3.05) is 38.1 Å². The number of aliphatic carboxylic acids is 1. The standard InChI is InChI=1S/C13H17ClN2O2/c1-15-6-7-16(9-10(8-15)13(17)18)12-5-3-2-4-11(12)14/h2-5,10H,6-9H2,1H3,(H,17,18). The molecule has 0 aliphatic carbocycles. The van der Waals surface area contributed by atoms with Crippen LogP contribution in [0.1, 0.15) is 0 Å². The molecule has 1 saturated heterocycles. The van der Waals surface area contributed by atoms with Crippen molar-refractivity contribution in [3.63, 3.8) is 0 Å². The smallest absolute Gasteiger partial charge is 0.309 e. The number of para-hydroxylation sites is 1. The zero-order chi connectivity index (χ0) is 13.1. The van der Waals surface area contributed by atoms with E-state index in [0.29, 0.717) is 18.1 Å². The number of carbonyl (C=O) groups is 1. The first-order valence-corrected chi connectivity index (χ1v) is 6.36. The summed E-state index contributed by atoms with van der Waals surface area (Å²) in [6.45, 7) is 2.72. The summed E-state index contributed by atoms with van der Waals surface area (Å²) in [5.74, 6) is -1.13. The monoisotopic (exact) mass is 268 g/mol. The molecule has 1 unspecified atom stereocenters. The van der Waals surface area contributed by atoms with Crippen molar-refractivity contribution in [1.29, 1.82) is 0 Å². The third-order valence-corrected chi connectivity index (χ3v) is 3.59. The molecule has 4 nitrogen and oxygen atoms in total. The summed E-state index contributed by atoms with van der Waals surface area (Å²) >= 11 is 6.17. The Kier molecular flexibility index (Phi) is 4.09. The molecule has 0 saturated carbocycles. The van der Waals surface area contributed by atoms with Gasteiger partial charge in [0.2, 0.25) is 0 Å². The van der Waals surface area contributed by atoms with E-state index in [1.165, 1.54) is 0 Å². The van der Waals surface area contributed by atoms with Crippen LogP contribution in [0.5, 0.6) is 0 Å². The zero-order valence-electron chi connectivity index (χ0n) is 10.3. The van der Waals surface area contributed by atoms with Gasteiger partial charge in [0.25, 0.3) is 0 Å². The van der Waals surface area contributed by atoms with E-state index in [4.69, 9.17) is 11.6 Å². The highest BCUT2D eigenvalue weighted by atomic mass is 35.5. The van der Waals surface area contributed by atoms with E-state index in [0.717, 1.165) is 18.8 Å². The average Bonchev–Trinajstić information content (AvgIpc) is 2.52. The van der Waals surface area contributed by atoms with Crippen molar-refractivity contribution in [3.05, 3.63) is 29.3 Å². The number of likely N-dealkylation sites (N-methyl/N-ethyl adjacent to an activating group) is 1. The van der Waals surface area contributed by atoms with Gasteiger partial charge in [0.15, 0.2) is 0 Å². The van der Waals surface area contributed by atoms with Gasteiger partial charge in [0.1, 0.15) is 0 Å². The molecule has 0 aromatic heterocycles. The lowest BCUT2D eigenvalue weighted by Gasteiger charge is -2.25. The van der Waals surface area contributed by atoms with Crippen LogP contribution in [0.15, 0.2) is 24.3 Å². The Morgan fingerprint density at radius 3 is 2.72 bits per heavy atom. The summed E-state index contributed by atoms with van der Waals surface area (Å²) in [6, 6.07) is 7.57. The van der Waals surface area contributed by atoms with E-state index in [9.17, 15) is 9.90 Å². The van der Waals surface area contributed by atoms with Gasteiger partial charge in [-0.25, -0.2) is 0 Å². The second-order valence-corrected chi connectivity index (χ2v) is 5.10. The predicted octanol–water partition coefficient (Wildman–Crippen LogP) is 1.79. The summed E-state index contributed by atoms with van der Waals surface area (Å²) < 4.78 is 0. The molecule has 1 aliphatic heterocycles. The molecule has 1 fully saturated rings. The van der Waals surface area contributed by atoms with E-state index in [-0.39, 0.29) is 5.92 Å². The Bertz CT molecular complexity index is 439. The van der Waals surface area contributed by atoms with Crippen molar-refractivity contribution in [2.45, 2.75) is 0 Å². The number of carboxylic acids is 1. The predicted molar refractivity (Wildman–Crippen MR) is 72.3 cm³/mol. The van der Waals surface area contributed by atoms with Crippen LogP contribution in [0.25, 0.3) is 0 Å². The highest BCUT2D eigenvalue weighted by molar-refractivity contribution is 6.33. The maximum Gasteiger partial charge on any atom is 0.309 e. The largest absolute Gasteiger partial charge is 0.481 e. The summed E-state index contributed by atoms with van der Waals surface area (Å²) in [7, 11) is 1.95. The fourth-order valence-corrected chi connectivity index (χ4v) is 2.51. The van der Waals surface area contributed by atoms with Gasteiger partial charge in [-0.3, -0.25) is 4.79 Å². The normalized spacial score (nSPS) is 21.7. The molecule has 1 aliphatic rings. The third-order valence-electron chi connectivity index (χ3n) is 3.27. The lowest BCUT2D eigenvalue weighted by Crippen LogP contribution is -2.34. The Labute approximate surface area is 112 Å². The molecular formula is C13H17ClN2O2. The van der Waals surface area contributed by atoms with Gasteiger partial charge >= 0.3 is 5.97 Å². The number of benzene rings is 1. The Morgan fingerprint density at radius 1 is 1.33 bits per heavy atom. The van der Waals surface area contributed by atoms with Crippen LogP contribution in [-0.2, 0) is 4.79 Å². The quantitative estimate of drug-likeness (QED) is 0.888. The van der Waals surface area contributed by atoms with Gasteiger partial charge in [0, 0.05) is 26.2 Å². The van der Waals surface area contributed by atoms with Gasteiger partial charge in [-0.15, -0.1) is 0 Å². The van der Waals surface area contributed by atoms with Crippen molar-refractivity contribution < 1.29 is 9.90 Å². The van der Waals surface area contributed by atoms with E-state index in [2.05, 4.69) is 9.80 Å². The number of halogens is 1. The fourth-order valence-electron chi connectivity index (χ4n) is 2.26. The van der Waals surface area contributed by atoms with Gasteiger partial charge in [-0.1, -0.05) is 23.7 Å². The van der Waals surface area contributed by atoms with Crippen LogP contribution in [0, 0.1) is 5.92 Å². The van der Waals surface area contributed by atoms with Crippen molar-refractivity contribution in [3.8, 4) is 0 Å². The van der Waals surface area contributed by atoms with Crippen molar-refractivity contribution in [2.24, 2.45) is 5.92 Å². The third kappa shape index (κ3) is 2.94. The lowest BCUT2D eigenvalue weighted by atomic mass is 10.1. The van der Waals surface area contributed by atoms with Crippen LogP contribution in [0.4, 0.5) is 5.69 Å². The number of hydrogen-bond acceptors (Lipinski definition) is 3. The first-order valence-electron chi connectivity index (χ1n) is 5.98. The molecule has 1 N–H and O–H groups in total. The number of hydrogen-bond donors (Lipinski definition) is 1. The number of rotatable bonds is 2. The molecule has 1 aromatic carbocycles. The number of anilines is 1. The Hall–Kier alpha value is -1.26. The fraction of sp³-hybridized carbons (Fsp3) is 0.462. The summed E-state index contributed by atoms with van der Waals surface area (Å²) in [5.41, 5.74) is 0.917. The van der Waals surface area contributed by atoms with Gasteiger partial charge in [-0.05, 0) is 19.2 Å². The molecule has 1 atom stereocenters. The molecular weight excluding hydrogens is 252 g/mol. The van der Waals surface area contributed by atoms with Crippen LogP contribution in [0.2, 0.25) is 5.02 Å². The highest BCUT2D eigenvalue weighted by Gasteiger charge is 2.26. The minimum absolute atomic E-state index is 0.381. The van der Waals surface area contributed by atoms with Crippen LogP contribution >= 0.6 is 11.6 Å². The number of nitrogens with zero attached hydrogens (tertiary/aromatic N) is 2. The summed E-state index contributed by atoms with van der Waals surface area (Å²) in [6.07, 6.45) is 0. The molecule has 98 valence electrons. The molecule has 0 radical (unpaired) electrons. The SMILES string of the molecule is CN1CCN(c2ccccc2Cl)CC(C(=O)O)C1. The zero-order valence-corrected chi connectivity index (χ0v) is 11.1. The average molecular weight is 269 g/mol. The Balaban J connectivity index is 2.22. The van der Waals surface area contributed by atoms with E-state index < -0.39 is 5.97 Å². The molecule has 18 heavy (non-hydrogen) atoms. The number of carboxylic acid groups (broad SMARTS) is 1. The summed E-state index contributed by atoms with van der Waals surface area (Å²) in [5, 5.41) is 9.90. The van der Waals surface area contributed by atoms with Crippen molar-refractivity contribution in [1.82, 2.24) is 4.90 Å². The van der Waals surface area contributed by atoms with E-state index >= 15 is 0 Å². The minimum atomic E-state index is -0.749. The van der Waals surface area contributed by atoms with Gasteiger partial charge < -0.3 is 14.9 Å². The molecule has 0 amide bonds. The second-order valence-electron chi connectivity index (χ2n) is 4.69. The van der Waals surface area contributed by atoms with Crippen LogP contribution in [-0.4, -0.2) is 49.2 Å². The Morgan fingerprint density at radius 2 is 2.06 bits per heavy atom.